The maximum absolute atomic E-state index is 12.8. The Kier molecular flexibility index (Phi) is 9.93. The van der Waals surface area contributed by atoms with Gasteiger partial charge in [0, 0.05) is 24.3 Å². The van der Waals surface area contributed by atoms with Crippen molar-refractivity contribution >= 4 is 58.8 Å². The number of methoxy groups -OCH3 is 1. The molecule has 0 bridgehead atoms. The number of hydrogen-bond donors (Lipinski definition) is 3. The van der Waals surface area contributed by atoms with Gasteiger partial charge in [0.1, 0.15) is 17.9 Å². The number of carbonyl (C=O) groups excluding carboxylic acids is 1. The standard InChI is InChI=1S/C30H36ClN6O3P/c1-20(38)33-25-18-26(27(40-3)17-21(25)11-10-16-37(2)22-12-6-7-13-22)35-30-32-19-23(31)29(36-30)34-24-14-8-9-15-28(24)41(4,5)39/h8-9,14-15,17-19,22H,6-7,12-13,16H2,1-5H3,(H,33,38)(H2,32,34,35,36). The number of amides is 1. The molecule has 1 aromatic heterocycles. The molecule has 1 amide bonds. The van der Waals surface area contributed by atoms with Crippen LogP contribution in [-0.4, -0.2) is 60.8 Å². The van der Waals surface area contributed by atoms with E-state index in [9.17, 15) is 9.36 Å². The number of hydrogen-bond acceptors (Lipinski definition) is 8. The molecule has 9 nitrogen and oxygen atoms in total. The van der Waals surface area contributed by atoms with E-state index in [1.807, 2.05) is 24.3 Å². The van der Waals surface area contributed by atoms with Crippen LogP contribution in [0.15, 0.2) is 42.6 Å². The first kappa shape index (κ1) is 30.4. The summed E-state index contributed by atoms with van der Waals surface area (Å²) in [6, 6.07) is 11.4. The Hall–Kier alpha value is -3.57. The molecule has 3 aromatic rings. The predicted molar refractivity (Wildman–Crippen MR) is 168 cm³/mol. The number of anilines is 5. The van der Waals surface area contributed by atoms with Crippen molar-refractivity contribution in [3.8, 4) is 17.6 Å². The summed E-state index contributed by atoms with van der Waals surface area (Å²) in [5.74, 6) is 7.33. The van der Waals surface area contributed by atoms with Crippen LogP contribution in [0, 0.1) is 11.8 Å². The van der Waals surface area contributed by atoms with Gasteiger partial charge in [-0.05, 0) is 51.4 Å². The van der Waals surface area contributed by atoms with Crippen molar-refractivity contribution in [1.29, 1.82) is 0 Å². The SMILES string of the molecule is COc1cc(C#CCN(C)C2CCCC2)c(NC(C)=O)cc1Nc1ncc(Cl)c(Nc2ccccc2P(C)(C)=O)n1. The molecule has 11 heteroatoms. The van der Waals surface area contributed by atoms with Gasteiger partial charge in [0.2, 0.25) is 11.9 Å². The number of carbonyl (C=O) groups is 1. The highest BCUT2D eigenvalue weighted by atomic mass is 35.5. The number of ether oxygens (including phenoxy) is 1. The number of nitrogens with one attached hydrogen (secondary N) is 3. The Morgan fingerprint density at radius 2 is 1.88 bits per heavy atom. The lowest BCUT2D eigenvalue weighted by Crippen LogP contribution is -2.29. The fourth-order valence-electron chi connectivity index (χ4n) is 4.79. The zero-order chi connectivity index (χ0) is 29.6. The summed E-state index contributed by atoms with van der Waals surface area (Å²) in [5, 5.41) is 10.2. The lowest BCUT2D eigenvalue weighted by molar-refractivity contribution is -0.114. The molecule has 1 aliphatic carbocycles. The Balaban J connectivity index is 1.61. The number of para-hydroxylation sites is 1. The summed E-state index contributed by atoms with van der Waals surface area (Å²) >= 11 is 6.41. The van der Waals surface area contributed by atoms with E-state index in [2.05, 4.69) is 49.7 Å². The Morgan fingerprint density at radius 1 is 1.15 bits per heavy atom. The molecule has 1 fully saturated rings. The number of nitrogens with zero attached hydrogens (tertiary/aromatic N) is 3. The topological polar surface area (TPSA) is 108 Å². The van der Waals surface area contributed by atoms with Crippen LogP contribution in [0.25, 0.3) is 0 Å². The molecule has 0 unspecified atom stereocenters. The molecule has 0 radical (unpaired) electrons. The molecule has 4 rings (SSSR count). The minimum absolute atomic E-state index is 0.218. The summed E-state index contributed by atoms with van der Waals surface area (Å²) in [4.78, 5) is 23.2. The Labute approximate surface area is 246 Å². The highest BCUT2D eigenvalue weighted by Crippen LogP contribution is 2.39. The molecule has 1 heterocycles. The van der Waals surface area contributed by atoms with Gasteiger partial charge in [-0.15, -0.1) is 0 Å². The maximum Gasteiger partial charge on any atom is 0.229 e. The van der Waals surface area contributed by atoms with Gasteiger partial charge >= 0.3 is 0 Å². The van der Waals surface area contributed by atoms with Crippen LogP contribution in [0.3, 0.4) is 0 Å². The van der Waals surface area contributed by atoms with Crippen LogP contribution in [-0.2, 0) is 9.36 Å². The van der Waals surface area contributed by atoms with Gasteiger partial charge in [0.15, 0.2) is 5.82 Å². The van der Waals surface area contributed by atoms with Crippen molar-refractivity contribution < 1.29 is 14.1 Å². The smallest absolute Gasteiger partial charge is 0.229 e. The molecule has 41 heavy (non-hydrogen) atoms. The normalized spacial score (nSPS) is 13.4. The summed E-state index contributed by atoms with van der Waals surface area (Å²) < 4.78 is 18.5. The van der Waals surface area contributed by atoms with E-state index in [1.54, 1.807) is 32.6 Å². The largest absolute Gasteiger partial charge is 0.495 e. The third kappa shape index (κ3) is 8.01. The number of rotatable bonds is 9. The molecular weight excluding hydrogens is 559 g/mol. The highest BCUT2D eigenvalue weighted by Gasteiger charge is 2.19. The van der Waals surface area contributed by atoms with Crippen LogP contribution < -0.4 is 26.0 Å². The Morgan fingerprint density at radius 3 is 2.56 bits per heavy atom. The van der Waals surface area contributed by atoms with E-state index in [0.29, 0.717) is 57.1 Å². The number of aromatic nitrogens is 2. The molecule has 0 atom stereocenters. The summed E-state index contributed by atoms with van der Waals surface area (Å²) in [5.41, 5.74) is 2.37. The zero-order valence-corrected chi connectivity index (χ0v) is 25.7. The van der Waals surface area contributed by atoms with Gasteiger partial charge in [0.05, 0.1) is 42.5 Å². The molecule has 1 aliphatic rings. The van der Waals surface area contributed by atoms with E-state index in [0.717, 1.165) is 0 Å². The maximum atomic E-state index is 12.8. The first-order valence-electron chi connectivity index (χ1n) is 13.4. The van der Waals surface area contributed by atoms with Crippen molar-refractivity contribution in [2.45, 2.75) is 38.6 Å². The van der Waals surface area contributed by atoms with E-state index in [-0.39, 0.29) is 11.9 Å². The minimum Gasteiger partial charge on any atom is -0.495 e. The average molecular weight is 595 g/mol. The first-order chi connectivity index (χ1) is 19.5. The van der Waals surface area contributed by atoms with Gasteiger partial charge < -0.3 is 25.3 Å². The van der Waals surface area contributed by atoms with Crippen LogP contribution in [0.5, 0.6) is 5.75 Å². The molecule has 0 saturated heterocycles. The molecule has 0 aliphatic heterocycles. The Bertz CT molecular complexity index is 1520. The fourth-order valence-corrected chi connectivity index (χ4v) is 6.08. The van der Waals surface area contributed by atoms with Crippen LogP contribution in [0.1, 0.15) is 38.2 Å². The zero-order valence-electron chi connectivity index (χ0n) is 24.0. The summed E-state index contributed by atoms with van der Waals surface area (Å²) in [6.45, 7) is 5.51. The van der Waals surface area contributed by atoms with Crippen molar-refractivity contribution in [3.05, 3.63) is 53.2 Å². The number of benzene rings is 2. The van der Waals surface area contributed by atoms with Crippen molar-refractivity contribution in [2.75, 3.05) is 50.0 Å². The average Bonchev–Trinajstić information content (AvgIpc) is 3.46. The second kappa shape index (κ2) is 13.4. The van der Waals surface area contributed by atoms with Gasteiger partial charge in [-0.2, -0.15) is 4.98 Å². The minimum atomic E-state index is -2.56. The second-order valence-corrected chi connectivity index (χ2v) is 14.0. The third-order valence-electron chi connectivity index (χ3n) is 6.88. The quantitative estimate of drug-likeness (QED) is 0.203. The van der Waals surface area contributed by atoms with Crippen molar-refractivity contribution in [3.63, 3.8) is 0 Å². The van der Waals surface area contributed by atoms with Gasteiger partial charge in [-0.1, -0.05) is 48.4 Å². The van der Waals surface area contributed by atoms with Crippen LogP contribution >= 0.6 is 18.7 Å². The molecule has 216 valence electrons. The van der Waals surface area contributed by atoms with E-state index < -0.39 is 7.14 Å². The number of halogens is 1. The first-order valence-corrected chi connectivity index (χ1v) is 16.4. The van der Waals surface area contributed by atoms with E-state index in [1.165, 1.54) is 38.8 Å². The second-order valence-electron chi connectivity index (χ2n) is 10.4. The molecule has 0 spiro atoms. The molecular formula is C30H36ClN6O3P. The lowest BCUT2D eigenvalue weighted by atomic mass is 10.1. The fraction of sp³-hybridized carbons (Fsp3) is 0.367. The van der Waals surface area contributed by atoms with E-state index in [4.69, 9.17) is 16.3 Å². The van der Waals surface area contributed by atoms with Gasteiger partial charge in [-0.3, -0.25) is 9.69 Å². The van der Waals surface area contributed by atoms with Gasteiger partial charge in [-0.25, -0.2) is 4.98 Å². The summed E-state index contributed by atoms with van der Waals surface area (Å²) in [7, 11) is 1.10. The molecule has 2 aromatic carbocycles. The van der Waals surface area contributed by atoms with Crippen molar-refractivity contribution in [1.82, 2.24) is 14.9 Å². The molecule has 1 saturated carbocycles. The van der Waals surface area contributed by atoms with E-state index >= 15 is 0 Å². The molecule has 3 N–H and O–H groups in total. The van der Waals surface area contributed by atoms with Gasteiger partial charge in [0.25, 0.3) is 0 Å². The third-order valence-corrected chi connectivity index (χ3v) is 8.70. The highest BCUT2D eigenvalue weighted by molar-refractivity contribution is 7.70. The lowest BCUT2D eigenvalue weighted by Gasteiger charge is -2.21. The van der Waals surface area contributed by atoms with Crippen molar-refractivity contribution in [2.24, 2.45) is 0 Å². The monoisotopic (exact) mass is 594 g/mol. The summed E-state index contributed by atoms with van der Waals surface area (Å²) in [6.07, 6.45) is 6.42. The predicted octanol–water partition coefficient (Wildman–Crippen LogP) is 6.06. The van der Waals surface area contributed by atoms with Crippen LogP contribution in [0.4, 0.5) is 28.8 Å². The van der Waals surface area contributed by atoms with Crippen LogP contribution in [0.2, 0.25) is 5.02 Å².